The van der Waals surface area contributed by atoms with E-state index in [-0.39, 0.29) is 6.42 Å². The van der Waals surface area contributed by atoms with Crippen molar-refractivity contribution >= 4 is 11.8 Å². The zero-order valence-corrected chi connectivity index (χ0v) is 7.99. The van der Waals surface area contributed by atoms with E-state index in [1.54, 1.807) is 0 Å². The first-order chi connectivity index (χ1) is 6.59. The number of carboxylic acid groups (broad SMARTS) is 1. The Hall–Kier alpha value is -1.64. The maximum atomic E-state index is 10.8. The second-order valence-electron chi connectivity index (χ2n) is 3.22. The smallest absolute Gasteiger partial charge is 0.372 e. The molecule has 0 aromatic heterocycles. The molecule has 0 spiro atoms. The lowest BCUT2D eigenvalue weighted by Crippen LogP contribution is -2.12. The van der Waals surface area contributed by atoms with E-state index < -0.39 is 11.8 Å². The van der Waals surface area contributed by atoms with Crippen LogP contribution in [0.3, 0.4) is 0 Å². The third-order valence-electron chi connectivity index (χ3n) is 1.96. The van der Waals surface area contributed by atoms with Crippen LogP contribution in [0.15, 0.2) is 24.3 Å². The van der Waals surface area contributed by atoms with Gasteiger partial charge in [0, 0.05) is 6.42 Å². The van der Waals surface area contributed by atoms with Crippen LogP contribution in [0.5, 0.6) is 0 Å². The number of ketones is 1. The zero-order chi connectivity index (χ0) is 10.6. The summed E-state index contributed by atoms with van der Waals surface area (Å²) >= 11 is 0. The third-order valence-corrected chi connectivity index (χ3v) is 1.96. The second kappa shape index (κ2) is 4.56. The molecule has 0 unspecified atom stereocenters. The van der Waals surface area contributed by atoms with Gasteiger partial charge in [-0.05, 0) is 18.9 Å². The van der Waals surface area contributed by atoms with Crippen molar-refractivity contribution in [2.75, 3.05) is 0 Å². The molecule has 0 atom stereocenters. The lowest BCUT2D eigenvalue weighted by atomic mass is 10.1. The van der Waals surface area contributed by atoms with Crippen LogP contribution < -0.4 is 0 Å². The molecule has 0 amide bonds. The van der Waals surface area contributed by atoms with E-state index in [4.69, 9.17) is 5.11 Å². The van der Waals surface area contributed by atoms with Crippen molar-refractivity contribution in [1.29, 1.82) is 0 Å². The number of hydrogen-bond donors (Lipinski definition) is 1. The van der Waals surface area contributed by atoms with Crippen molar-refractivity contribution in [2.24, 2.45) is 0 Å². The minimum atomic E-state index is -1.35. The summed E-state index contributed by atoms with van der Waals surface area (Å²) in [7, 11) is 0. The van der Waals surface area contributed by atoms with Gasteiger partial charge in [0.2, 0.25) is 5.78 Å². The first-order valence-electron chi connectivity index (χ1n) is 4.41. The van der Waals surface area contributed by atoms with Crippen LogP contribution in [-0.4, -0.2) is 16.9 Å². The Kier molecular flexibility index (Phi) is 3.40. The van der Waals surface area contributed by atoms with Gasteiger partial charge in [-0.15, -0.1) is 0 Å². The molecule has 0 aliphatic rings. The number of carbonyl (C=O) groups is 2. The quantitative estimate of drug-likeness (QED) is 0.737. The highest BCUT2D eigenvalue weighted by Gasteiger charge is 2.10. The summed E-state index contributed by atoms with van der Waals surface area (Å²) in [6, 6.07) is 7.70. The lowest BCUT2D eigenvalue weighted by molar-refractivity contribution is -0.149. The van der Waals surface area contributed by atoms with Gasteiger partial charge in [-0.1, -0.05) is 29.8 Å². The van der Waals surface area contributed by atoms with E-state index in [1.807, 2.05) is 31.2 Å². The molecule has 74 valence electrons. The number of aryl methyl sites for hydroxylation is 2. The largest absolute Gasteiger partial charge is 0.476 e. The predicted molar refractivity (Wildman–Crippen MR) is 52.1 cm³/mol. The summed E-state index contributed by atoms with van der Waals surface area (Å²) in [5, 5.41) is 8.37. The normalized spacial score (nSPS) is 9.79. The van der Waals surface area contributed by atoms with E-state index >= 15 is 0 Å². The minimum absolute atomic E-state index is 0.0682. The fraction of sp³-hybridized carbons (Fsp3) is 0.273. The molecule has 3 nitrogen and oxygen atoms in total. The summed E-state index contributed by atoms with van der Waals surface area (Å²) in [6.45, 7) is 1.96. The molecule has 0 fully saturated rings. The molecule has 14 heavy (non-hydrogen) atoms. The van der Waals surface area contributed by atoms with Crippen LogP contribution >= 0.6 is 0 Å². The van der Waals surface area contributed by atoms with Gasteiger partial charge in [-0.25, -0.2) is 4.79 Å². The Morgan fingerprint density at radius 2 is 2.07 bits per heavy atom. The number of aliphatic carboxylic acids is 1. The monoisotopic (exact) mass is 192 g/mol. The van der Waals surface area contributed by atoms with Crippen LogP contribution in [0, 0.1) is 6.92 Å². The van der Waals surface area contributed by atoms with E-state index in [9.17, 15) is 9.59 Å². The summed E-state index contributed by atoms with van der Waals surface area (Å²) in [5.41, 5.74) is 2.12. The Morgan fingerprint density at radius 1 is 1.36 bits per heavy atom. The molecular formula is C11H12O3. The summed E-state index contributed by atoms with van der Waals surface area (Å²) in [4.78, 5) is 21.0. The summed E-state index contributed by atoms with van der Waals surface area (Å²) in [6.07, 6.45) is 0.561. The second-order valence-corrected chi connectivity index (χ2v) is 3.22. The van der Waals surface area contributed by atoms with Crippen LogP contribution in [-0.2, 0) is 16.0 Å². The topological polar surface area (TPSA) is 54.4 Å². The average Bonchev–Trinajstić information content (AvgIpc) is 2.14. The Bertz CT molecular complexity index is 355. The van der Waals surface area contributed by atoms with Crippen molar-refractivity contribution in [2.45, 2.75) is 19.8 Å². The van der Waals surface area contributed by atoms with Crippen LogP contribution in [0.1, 0.15) is 17.5 Å². The first-order valence-corrected chi connectivity index (χ1v) is 4.41. The van der Waals surface area contributed by atoms with Gasteiger partial charge >= 0.3 is 5.97 Å². The maximum absolute atomic E-state index is 10.8. The SMILES string of the molecule is Cc1cccc(CCC(=O)C(=O)O)c1. The standard InChI is InChI=1S/C11H12O3/c1-8-3-2-4-9(7-8)5-6-10(12)11(13)14/h2-4,7H,5-6H2,1H3,(H,13,14). The number of benzene rings is 1. The van der Waals surface area contributed by atoms with Gasteiger partial charge in [-0.3, -0.25) is 4.79 Å². The molecule has 3 heteroatoms. The molecule has 0 aliphatic carbocycles. The molecule has 0 radical (unpaired) electrons. The fourth-order valence-electron chi connectivity index (χ4n) is 1.23. The van der Waals surface area contributed by atoms with Gasteiger partial charge in [0.05, 0.1) is 0 Å². The fourth-order valence-corrected chi connectivity index (χ4v) is 1.23. The number of hydrogen-bond acceptors (Lipinski definition) is 2. The first kappa shape index (κ1) is 10.4. The van der Waals surface area contributed by atoms with Crippen molar-refractivity contribution in [3.05, 3.63) is 35.4 Å². The van der Waals surface area contributed by atoms with Crippen LogP contribution in [0.4, 0.5) is 0 Å². The molecule has 0 saturated carbocycles. The third kappa shape index (κ3) is 3.01. The molecule has 1 N–H and O–H groups in total. The Morgan fingerprint density at radius 3 is 2.64 bits per heavy atom. The zero-order valence-electron chi connectivity index (χ0n) is 7.99. The van der Waals surface area contributed by atoms with Crippen molar-refractivity contribution in [1.82, 2.24) is 0 Å². The molecule has 0 heterocycles. The maximum Gasteiger partial charge on any atom is 0.372 e. The average molecular weight is 192 g/mol. The minimum Gasteiger partial charge on any atom is -0.476 e. The molecule has 1 rings (SSSR count). The number of Topliss-reactive ketones (excluding diaryl/α,β-unsaturated/α-hetero) is 1. The molecule has 0 bridgehead atoms. The Balaban J connectivity index is 2.54. The molecule has 1 aromatic carbocycles. The van der Waals surface area contributed by atoms with Gasteiger partial charge in [0.1, 0.15) is 0 Å². The highest BCUT2D eigenvalue weighted by Crippen LogP contribution is 2.06. The van der Waals surface area contributed by atoms with Crippen molar-refractivity contribution in [3.63, 3.8) is 0 Å². The number of rotatable bonds is 4. The van der Waals surface area contributed by atoms with Crippen LogP contribution in [0.2, 0.25) is 0 Å². The molecule has 1 aromatic rings. The van der Waals surface area contributed by atoms with Crippen molar-refractivity contribution in [3.8, 4) is 0 Å². The Labute approximate surface area is 82.4 Å². The van der Waals surface area contributed by atoms with Gasteiger partial charge < -0.3 is 5.11 Å². The van der Waals surface area contributed by atoms with E-state index in [2.05, 4.69) is 0 Å². The summed E-state index contributed by atoms with van der Waals surface area (Å²) in [5.74, 6) is -2.08. The molecule has 0 aliphatic heterocycles. The van der Waals surface area contributed by atoms with Gasteiger partial charge in [0.15, 0.2) is 0 Å². The van der Waals surface area contributed by atoms with E-state index in [0.29, 0.717) is 6.42 Å². The van der Waals surface area contributed by atoms with Gasteiger partial charge in [0.25, 0.3) is 0 Å². The molecular weight excluding hydrogens is 180 g/mol. The van der Waals surface area contributed by atoms with E-state index in [1.165, 1.54) is 0 Å². The number of carboxylic acids is 1. The van der Waals surface area contributed by atoms with Gasteiger partial charge in [-0.2, -0.15) is 0 Å². The highest BCUT2D eigenvalue weighted by atomic mass is 16.4. The lowest BCUT2D eigenvalue weighted by Gasteiger charge is -1.99. The van der Waals surface area contributed by atoms with Crippen LogP contribution in [0.25, 0.3) is 0 Å². The van der Waals surface area contributed by atoms with Crippen molar-refractivity contribution < 1.29 is 14.7 Å². The predicted octanol–water partition coefficient (Wildman–Crippen LogP) is 1.58. The molecule has 0 saturated heterocycles. The van der Waals surface area contributed by atoms with E-state index in [0.717, 1.165) is 11.1 Å². The highest BCUT2D eigenvalue weighted by molar-refractivity contribution is 6.32. The number of carbonyl (C=O) groups excluding carboxylic acids is 1. The summed E-state index contributed by atoms with van der Waals surface area (Å²) < 4.78 is 0.